The van der Waals surface area contributed by atoms with Gasteiger partial charge in [0.25, 0.3) is 0 Å². The number of nitrogens with one attached hydrogen (secondary N) is 1. The second-order valence-electron chi connectivity index (χ2n) is 7.23. The van der Waals surface area contributed by atoms with Crippen LogP contribution < -0.4 is 5.32 Å². The van der Waals surface area contributed by atoms with Crippen molar-refractivity contribution in [2.24, 2.45) is 11.8 Å². The van der Waals surface area contributed by atoms with E-state index in [1.165, 1.54) is 96.4 Å². The normalized spacial score (nSPS) is 23.1. The standard InChI is InChI=1S/C20H41N/c1-3-5-6-7-8-9-10-12-15-19-16-13-11-14-17-20(19)18-21-4-2/h19-21H,3-18H2,1-2H3. The van der Waals surface area contributed by atoms with E-state index in [4.69, 9.17) is 0 Å². The molecule has 1 nitrogen and oxygen atoms in total. The molecule has 1 heteroatoms. The minimum absolute atomic E-state index is 0.969. The lowest BCUT2D eigenvalue weighted by atomic mass is 9.84. The highest BCUT2D eigenvalue weighted by Crippen LogP contribution is 2.32. The predicted molar refractivity (Wildman–Crippen MR) is 95.8 cm³/mol. The Morgan fingerprint density at radius 2 is 1.33 bits per heavy atom. The molecule has 126 valence electrons. The van der Waals surface area contributed by atoms with Crippen LogP contribution in [-0.4, -0.2) is 13.1 Å². The summed E-state index contributed by atoms with van der Waals surface area (Å²) in [6.07, 6.45) is 20.6. The van der Waals surface area contributed by atoms with Gasteiger partial charge in [-0.15, -0.1) is 0 Å². The highest BCUT2D eigenvalue weighted by Gasteiger charge is 2.22. The van der Waals surface area contributed by atoms with Gasteiger partial charge in [0.05, 0.1) is 0 Å². The van der Waals surface area contributed by atoms with Crippen LogP contribution in [0.1, 0.15) is 104 Å². The summed E-state index contributed by atoms with van der Waals surface area (Å²) in [5.74, 6) is 1.99. The summed E-state index contributed by atoms with van der Waals surface area (Å²) >= 11 is 0. The Kier molecular flexibility index (Phi) is 12.3. The van der Waals surface area contributed by atoms with Crippen molar-refractivity contribution in [1.82, 2.24) is 5.32 Å². The SMILES string of the molecule is CCCCCCCCCCC1CCCCCC1CNCC. The molecule has 0 radical (unpaired) electrons. The predicted octanol–water partition coefficient (Wildman–Crippen LogP) is 6.32. The Hall–Kier alpha value is -0.0400. The Morgan fingerprint density at radius 1 is 0.714 bits per heavy atom. The van der Waals surface area contributed by atoms with Crippen LogP contribution in [0.15, 0.2) is 0 Å². The highest BCUT2D eigenvalue weighted by atomic mass is 14.8. The fraction of sp³-hybridized carbons (Fsp3) is 1.00. The van der Waals surface area contributed by atoms with Crippen molar-refractivity contribution in [3.8, 4) is 0 Å². The van der Waals surface area contributed by atoms with Gasteiger partial charge in [-0.25, -0.2) is 0 Å². The third kappa shape index (κ3) is 9.55. The Morgan fingerprint density at radius 3 is 2.00 bits per heavy atom. The smallest absolute Gasteiger partial charge is 0.00180 e. The van der Waals surface area contributed by atoms with Crippen LogP contribution in [0.3, 0.4) is 0 Å². The van der Waals surface area contributed by atoms with Gasteiger partial charge >= 0.3 is 0 Å². The first-order valence-corrected chi connectivity index (χ1v) is 10.1. The molecule has 0 aliphatic heterocycles. The van der Waals surface area contributed by atoms with Crippen molar-refractivity contribution in [3.63, 3.8) is 0 Å². The van der Waals surface area contributed by atoms with E-state index in [0.717, 1.165) is 18.4 Å². The largest absolute Gasteiger partial charge is 0.317 e. The molecule has 1 rings (SSSR count). The lowest BCUT2D eigenvalue weighted by molar-refractivity contribution is 0.277. The topological polar surface area (TPSA) is 12.0 Å². The molecule has 0 aromatic carbocycles. The summed E-state index contributed by atoms with van der Waals surface area (Å²) in [7, 11) is 0. The van der Waals surface area contributed by atoms with E-state index in [9.17, 15) is 0 Å². The molecule has 1 fully saturated rings. The fourth-order valence-electron chi connectivity index (χ4n) is 3.98. The molecular weight excluding hydrogens is 254 g/mol. The molecular formula is C20H41N. The molecule has 0 spiro atoms. The number of rotatable bonds is 12. The van der Waals surface area contributed by atoms with Crippen LogP contribution >= 0.6 is 0 Å². The van der Waals surface area contributed by atoms with Gasteiger partial charge in [-0.1, -0.05) is 97.3 Å². The average molecular weight is 296 g/mol. The van der Waals surface area contributed by atoms with Crippen LogP contribution in [0, 0.1) is 11.8 Å². The third-order valence-electron chi connectivity index (χ3n) is 5.40. The Balaban J connectivity index is 2.09. The molecule has 2 atom stereocenters. The van der Waals surface area contributed by atoms with Crippen LogP contribution in [0.5, 0.6) is 0 Å². The lowest BCUT2D eigenvalue weighted by Gasteiger charge is -2.25. The van der Waals surface area contributed by atoms with Crippen molar-refractivity contribution < 1.29 is 0 Å². The Bertz CT molecular complexity index is 214. The van der Waals surface area contributed by atoms with Gasteiger partial charge in [-0.05, 0) is 31.3 Å². The maximum absolute atomic E-state index is 3.61. The molecule has 21 heavy (non-hydrogen) atoms. The van der Waals surface area contributed by atoms with Gasteiger partial charge in [0.2, 0.25) is 0 Å². The van der Waals surface area contributed by atoms with Gasteiger partial charge < -0.3 is 5.32 Å². The van der Waals surface area contributed by atoms with E-state index in [1.54, 1.807) is 0 Å². The summed E-state index contributed by atoms with van der Waals surface area (Å²) < 4.78 is 0. The summed E-state index contributed by atoms with van der Waals surface area (Å²) in [6, 6.07) is 0. The first-order valence-electron chi connectivity index (χ1n) is 10.1. The maximum atomic E-state index is 3.61. The second-order valence-corrected chi connectivity index (χ2v) is 7.23. The summed E-state index contributed by atoms with van der Waals surface area (Å²) in [6.45, 7) is 6.96. The van der Waals surface area contributed by atoms with E-state index in [-0.39, 0.29) is 0 Å². The molecule has 0 bridgehead atoms. The minimum Gasteiger partial charge on any atom is -0.317 e. The lowest BCUT2D eigenvalue weighted by Crippen LogP contribution is -2.27. The van der Waals surface area contributed by atoms with Crippen molar-refractivity contribution >= 4 is 0 Å². The van der Waals surface area contributed by atoms with E-state index in [2.05, 4.69) is 19.2 Å². The van der Waals surface area contributed by atoms with E-state index in [1.807, 2.05) is 0 Å². The summed E-state index contributed by atoms with van der Waals surface area (Å²) in [5.41, 5.74) is 0. The molecule has 1 aliphatic rings. The van der Waals surface area contributed by atoms with Crippen LogP contribution in [0.2, 0.25) is 0 Å². The van der Waals surface area contributed by atoms with Crippen molar-refractivity contribution in [1.29, 1.82) is 0 Å². The highest BCUT2D eigenvalue weighted by molar-refractivity contribution is 4.75. The zero-order valence-corrected chi connectivity index (χ0v) is 15.0. The first-order chi connectivity index (χ1) is 10.4. The number of unbranched alkanes of at least 4 members (excludes halogenated alkanes) is 7. The van der Waals surface area contributed by atoms with Crippen molar-refractivity contribution in [2.75, 3.05) is 13.1 Å². The van der Waals surface area contributed by atoms with E-state index >= 15 is 0 Å². The van der Waals surface area contributed by atoms with E-state index in [0.29, 0.717) is 0 Å². The molecule has 0 saturated heterocycles. The van der Waals surface area contributed by atoms with E-state index < -0.39 is 0 Å². The van der Waals surface area contributed by atoms with Crippen molar-refractivity contribution in [2.45, 2.75) is 104 Å². The fourth-order valence-corrected chi connectivity index (χ4v) is 3.98. The van der Waals surface area contributed by atoms with Gasteiger partial charge in [0.1, 0.15) is 0 Å². The molecule has 0 heterocycles. The Labute approximate surface area is 134 Å². The molecule has 1 N–H and O–H groups in total. The maximum Gasteiger partial charge on any atom is -0.00180 e. The van der Waals surface area contributed by atoms with Crippen LogP contribution in [0.25, 0.3) is 0 Å². The first kappa shape index (κ1) is 19.0. The number of hydrogen-bond donors (Lipinski definition) is 1. The monoisotopic (exact) mass is 295 g/mol. The van der Waals surface area contributed by atoms with Crippen LogP contribution in [0.4, 0.5) is 0 Å². The quantitative estimate of drug-likeness (QED) is 0.328. The zero-order valence-electron chi connectivity index (χ0n) is 15.0. The van der Waals surface area contributed by atoms with Crippen molar-refractivity contribution in [3.05, 3.63) is 0 Å². The van der Waals surface area contributed by atoms with Gasteiger partial charge in [-0.3, -0.25) is 0 Å². The third-order valence-corrected chi connectivity index (χ3v) is 5.40. The number of hydrogen-bond acceptors (Lipinski definition) is 1. The molecule has 1 aliphatic carbocycles. The van der Waals surface area contributed by atoms with Gasteiger partial charge in [-0.2, -0.15) is 0 Å². The van der Waals surface area contributed by atoms with Gasteiger partial charge in [0.15, 0.2) is 0 Å². The average Bonchev–Trinajstić information content (AvgIpc) is 2.73. The summed E-state index contributed by atoms with van der Waals surface area (Å²) in [4.78, 5) is 0. The summed E-state index contributed by atoms with van der Waals surface area (Å²) in [5, 5.41) is 3.61. The van der Waals surface area contributed by atoms with Crippen LogP contribution in [-0.2, 0) is 0 Å². The molecule has 1 saturated carbocycles. The van der Waals surface area contributed by atoms with Gasteiger partial charge in [0, 0.05) is 0 Å². The zero-order chi connectivity index (χ0) is 15.2. The molecule has 2 unspecified atom stereocenters. The molecule has 0 aromatic rings. The second kappa shape index (κ2) is 13.6. The minimum atomic E-state index is 0.969. The molecule has 0 aromatic heterocycles. The molecule has 0 amide bonds.